The van der Waals surface area contributed by atoms with Crippen LogP contribution in [-0.4, -0.2) is 25.9 Å². The normalized spacial score (nSPS) is 11.4. The number of anilines is 1. The van der Waals surface area contributed by atoms with E-state index in [0.29, 0.717) is 5.56 Å². The number of amides is 1. The zero-order valence-electron chi connectivity index (χ0n) is 19.0. The number of ether oxygens (including phenoxy) is 1. The van der Waals surface area contributed by atoms with E-state index in [0.717, 1.165) is 6.07 Å². The van der Waals surface area contributed by atoms with Crippen molar-refractivity contribution in [3.8, 4) is 17.6 Å². The van der Waals surface area contributed by atoms with Crippen LogP contribution in [-0.2, 0) is 14.9 Å². The van der Waals surface area contributed by atoms with Crippen LogP contribution in [0.25, 0.3) is 6.08 Å². The van der Waals surface area contributed by atoms with Crippen molar-refractivity contribution in [2.75, 3.05) is 11.9 Å². The number of hydrogen-bond acceptors (Lipinski definition) is 8. The molecule has 0 fully saturated rings. The van der Waals surface area contributed by atoms with Gasteiger partial charge in [0.05, 0.1) is 16.0 Å². The number of benzene rings is 3. The molecule has 0 radical (unpaired) electrons. The lowest BCUT2D eigenvalue weighted by Crippen LogP contribution is -2.13. The Hall–Kier alpha value is -3.92. The monoisotopic (exact) mass is 605 g/mol. The first-order chi connectivity index (χ1) is 17.6. The number of nitrogens with one attached hydrogen (secondary N) is 1. The Bertz CT molecular complexity index is 1540. The van der Waals surface area contributed by atoms with Crippen molar-refractivity contribution < 1.29 is 27.1 Å². The fourth-order valence-corrected chi connectivity index (χ4v) is 4.82. The third-order valence-corrected chi connectivity index (χ3v) is 6.78. The summed E-state index contributed by atoms with van der Waals surface area (Å²) in [6.07, 6.45) is 1.24. The highest BCUT2D eigenvalue weighted by Crippen LogP contribution is 2.39. The Balaban J connectivity index is 1.93. The van der Waals surface area contributed by atoms with E-state index in [1.165, 1.54) is 42.5 Å². The summed E-state index contributed by atoms with van der Waals surface area (Å²) in [7, 11) is -4.18. The lowest BCUT2D eigenvalue weighted by molar-refractivity contribution is -0.384. The zero-order chi connectivity index (χ0) is 27.2. The van der Waals surface area contributed by atoms with Crippen molar-refractivity contribution in [3.05, 3.63) is 91.4 Å². The summed E-state index contributed by atoms with van der Waals surface area (Å²) in [5.41, 5.74) is -0.368. The molecular weight excluding hydrogens is 590 g/mol. The second-order valence-corrected chi connectivity index (χ2v) is 9.97. The van der Waals surface area contributed by atoms with Crippen LogP contribution in [0.4, 0.5) is 11.4 Å². The van der Waals surface area contributed by atoms with Gasteiger partial charge in [0, 0.05) is 11.8 Å². The first-order valence-electron chi connectivity index (χ1n) is 10.4. The molecule has 0 spiro atoms. The molecule has 0 saturated heterocycles. The predicted octanol–water partition coefficient (Wildman–Crippen LogP) is 5.72. The average Bonchev–Trinajstić information content (AvgIpc) is 2.86. The van der Waals surface area contributed by atoms with Crippen molar-refractivity contribution in [3.63, 3.8) is 0 Å². The molecule has 10 nitrogen and oxygen atoms in total. The molecule has 3 rings (SSSR count). The van der Waals surface area contributed by atoms with Crippen molar-refractivity contribution >= 4 is 61.0 Å². The fraction of sp³-hybridized carbons (Fsp3) is 0.0833. The Morgan fingerprint density at radius 3 is 2.54 bits per heavy atom. The van der Waals surface area contributed by atoms with Gasteiger partial charge in [0.2, 0.25) is 0 Å². The summed E-state index contributed by atoms with van der Waals surface area (Å²) >= 11 is 9.05. The highest BCUT2D eigenvalue weighted by atomic mass is 79.9. The molecule has 37 heavy (non-hydrogen) atoms. The molecular formula is C24H17BrClN3O7S. The number of hydrogen-bond donors (Lipinski definition) is 1. The second-order valence-electron chi connectivity index (χ2n) is 7.16. The molecule has 0 aliphatic rings. The lowest BCUT2D eigenvalue weighted by atomic mass is 10.1. The fourth-order valence-electron chi connectivity index (χ4n) is 3.00. The maximum Gasteiger partial charge on any atom is 0.339 e. The maximum absolute atomic E-state index is 12.7. The number of nitro groups is 1. The second kappa shape index (κ2) is 11.9. The Morgan fingerprint density at radius 1 is 1.22 bits per heavy atom. The SMILES string of the molecule is CCOc1cc(/C=C(\C#N)C(=O)Nc2ccc(Cl)c([N+](=O)[O-])c2)cc(Br)c1OS(=O)(=O)c1ccccc1. The summed E-state index contributed by atoms with van der Waals surface area (Å²) in [5.74, 6) is -0.895. The van der Waals surface area contributed by atoms with Crippen LogP contribution in [0.15, 0.2) is 75.6 Å². The molecule has 3 aromatic rings. The van der Waals surface area contributed by atoms with Crippen LogP contribution in [0, 0.1) is 21.4 Å². The first-order valence-corrected chi connectivity index (χ1v) is 13.0. The van der Waals surface area contributed by atoms with Crippen molar-refractivity contribution in [2.45, 2.75) is 11.8 Å². The molecule has 0 atom stereocenters. The summed E-state index contributed by atoms with van der Waals surface area (Å²) in [5, 5.41) is 22.9. The average molecular weight is 607 g/mol. The summed E-state index contributed by atoms with van der Waals surface area (Å²) in [6.45, 7) is 1.85. The van der Waals surface area contributed by atoms with Crippen molar-refractivity contribution in [1.29, 1.82) is 5.26 Å². The molecule has 190 valence electrons. The van der Waals surface area contributed by atoms with Gasteiger partial charge in [0.15, 0.2) is 11.5 Å². The Morgan fingerprint density at radius 2 is 1.92 bits per heavy atom. The third-order valence-electron chi connectivity index (χ3n) is 4.63. The number of nitro benzene ring substituents is 1. The molecule has 1 amide bonds. The third kappa shape index (κ3) is 6.85. The lowest BCUT2D eigenvalue weighted by Gasteiger charge is -2.14. The minimum absolute atomic E-state index is 0.0497. The molecule has 0 heterocycles. The molecule has 0 aliphatic heterocycles. The Labute approximate surface area is 225 Å². The maximum atomic E-state index is 12.7. The van der Waals surface area contributed by atoms with Crippen LogP contribution < -0.4 is 14.2 Å². The summed E-state index contributed by atoms with van der Waals surface area (Å²) < 4.78 is 36.5. The molecule has 0 saturated carbocycles. The minimum atomic E-state index is -4.18. The Kier molecular flexibility index (Phi) is 8.88. The number of halogens is 2. The zero-order valence-corrected chi connectivity index (χ0v) is 22.1. The van der Waals surface area contributed by atoms with E-state index in [-0.39, 0.29) is 43.8 Å². The highest BCUT2D eigenvalue weighted by Gasteiger charge is 2.22. The van der Waals surface area contributed by atoms with Gasteiger partial charge in [-0.2, -0.15) is 13.7 Å². The highest BCUT2D eigenvalue weighted by molar-refractivity contribution is 9.10. The van der Waals surface area contributed by atoms with E-state index >= 15 is 0 Å². The largest absolute Gasteiger partial charge is 0.490 e. The number of rotatable bonds is 9. The number of nitriles is 1. The van der Waals surface area contributed by atoms with Gasteiger partial charge in [-0.1, -0.05) is 29.8 Å². The van der Waals surface area contributed by atoms with Gasteiger partial charge in [-0.3, -0.25) is 14.9 Å². The molecule has 13 heteroatoms. The van der Waals surface area contributed by atoms with E-state index in [2.05, 4.69) is 21.2 Å². The molecule has 0 aliphatic carbocycles. The van der Waals surface area contributed by atoms with Crippen LogP contribution >= 0.6 is 27.5 Å². The van der Waals surface area contributed by atoms with Crippen LogP contribution in [0.5, 0.6) is 11.5 Å². The van der Waals surface area contributed by atoms with Gasteiger partial charge in [-0.15, -0.1) is 0 Å². The van der Waals surface area contributed by atoms with Gasteiger partial charge >= 0.3 is 10.1 Å². The molecule has 1 N–H and O–H groups in total. The molecule has 0 aromatic heterocycles. The molecule has 0 bridgehead atoms. The molecule has 3 aromatic carbocycles. The van der Waals surface area contributed by atoms with Crippen LogP contribution in [0.3, 0.4) is 0 Å². The van der Waals surface area contributed by atoms with Crippen LogP contribution in [0.2, 0.25) is 5.02 Å². The minimum Gasteiger partial charge on any atom is -0.490 e. The van der Waals surface area contributed by atoms with Gasteiger partial charge < -0.3 is 14.2 Å². The van der Waals surface area contributed by atoms with Gasteiger partial charge in [-0.05, 0) is 70.9 Å². The number of carbonyl (C=O) groups is 1. The van der Waals surface area contributed by atoms with Gasteiger partial charge in [0.25, 0.3) is 11.6 Å². The van der Waals surface area contributed by atoms with E-state index in [4.69, 9.17) is 20.5 Å². The van der Waals surface area contributed by atoms with Crippen molar-refractivity contribution in [2.24, 2.45) is 0 Å². The number of carbonyl (C=O) groups excluding carboxylic acids is 1. The van der Waals surface area contributed by atoms with Crippen LogP contribution in [0.1, 0.15) is 12.5 Å². The number of nitrogens with zero attached hydrogens (tertiary/aromatic N) is 2. The summed E-state index contributed by atoms with van der Waals surface area (Å²) in [6, 6.07) is 15.8. The quantitative estimate of drug-likeness (QED) is 0.107. The first kappa shape index (κ1) is 27.7. The van der Waals surface area contributed by atoms with E-state index < -0.39 is 26.6 Å². The smallest absolute Gasteiger partial charge is 0.339 e. The van der Waals surface area contributed by atoms with Gasteiger partial charge in [-0.25, -0.2) is 0 Å². The van der Waals surface area contributed by atoms with E-state index in [9.17, 15) is 28.6 Å². The molecule has 0 unspecified atom stereocenters. The topological polar surface area (TPSA) is 149 Å². The summed E-state index contributed by atoms with van der Waals surface area (Å²) in [4.78, 5) is 23.0. The predicted molar refractivity (Wildman–Crippen MR) is 140 cm³/mol. The van der Waals surface area contributed by atoms with E-state index in [1.807, 2.05) is 0 Å². The van der Waals surface area contributed by atoms with Crippen molar-refractivity contribution in [1.82, 2.24) is 0 Å². The van der Waals surface area contributed by atoms with Gasteiger partial charge in [0.1, 0.15) is 21.6 Å². The standard InChI is InChI=1S/C24H17BrClN3O7S/c1-2-35-22-12-15(11-19(25)23(22)36-37(33,34)18-6-4-3-5-7-18)10-16(14-27)24(30)28-17-8-9-20(26)21(13-17)29(31)32/h3-13H,2H2,1H3,(H,28,30)/b16-10+. The van der Waals surface area contributed by atoms with E-state index in [1.54, 1.807) is 31.2 Å².